The van der Waals surface area contributed by atoms with E-state index in [1.165, 1.54) is 0 Å². The number of hydrogen-bond donors (Lipinski definition) is 1. The Morgan fingerprint density at radius 2 is 1.71 bits per heavy atom. The van der Waals surface area contributed by atoms with Gasteiger partial charge in [-0.1, -0.05) is 24.6 Å². The predicted molar refractivity (Wildman–Crippen MR) is 113 cm³/mol. The number of nitrogens with two attached hydrogens (primary N) is 1. The van der Waals surface area contributed by atoms with Gasteiger partial charge in [-0.2, -0.15) is 0 Å². The topological polar surface area (TPSA) is 69.9 Å². The van der Waals surface area contributed by atoms with Crippen molar-refractivity contribution in [1.29, 1.82) is 0 Å². The molecule has 28 heavy (non-hydrogen) atoms. The highest BCUT2D eigenvalue weighted by atomic mass is 35.5. The maximum atomic E-state index is 12.9. The molecule has 1 unspecified atom stereocenters. The monoisotopic (exact) mass is 406 g/mol. The summed E-state index contributed by atoms with van der Waals surface area (Å²) < 4.78 is 0. The van der Waals surface area contributed by atoms with E-state index in [0.717, 1.165) is 64.1 Å². The van der Waals surface area contributed by atoms with Gasteiger partial charge in [0, 0.05) is 50.9 Å². The normalized spacial score (nSPS) is 28.5. The lowest BCUT2D eigenvalue weighted by atomic mass is 9.99. The van der Waals surface area contributed by atoms with Gasteiger partial charge in [-0.3, -0.25) is 14.5 Å². The van der Waals surface area contributed by atoms with E-state index in [-0.39, 0.29) is 36.3 Å². The van der Waals surface area contributed by atoms with Gasteiger partial charge in [-0.25, -0.2) is 0 Å². The Balaban J connectivity index is 0.00000225. The van der Waals surface area contributed by atoms with Crippen LogP contribution in [-0.4, -0.2) is 66.4 Å². The highest BCUT2D eigenvalue weighted by Gasteiger charge is 2.38. The number of piperazine rings is 1. The number of para-hydroxylation sites is 1. The van der Waals surface area contributed by atoms with E-state index in [2.05, 4.69) is 4.90 Å². The molecule has 3 fully saturated rings. The van der Waals surface area contributed by atoms with Crippen LogP contribution in [0.2, 0.25) is 0 Å². The van der Waals surface area contributed by atoms with Crippen molar-refractivity contribution in [2.45, 2.75) is 44.2 Å². The minimum absolute atomic E-state index is 0. The molecule has 3 atom stereocenters. The van der Waals surface area contributed by atoms with Crippen molar-refractivity contribution in [3.63, 3.8) is 0 Å². The predicted octanol–water partition coefficient (Wildman–Crippen LogP) is 1.88. The molecule has 6 nitrogen and oxygen atoms in total. The zero-order valence-corrected chi connectivity index (χ0v) is 17.2. The molecule has 0 spiro atoms. The molecule has 2 amide bonds. The summed E-state index contributed by atoms with van der Waals surface area (Å²) in [6.45, 7) is 3.76. The summed E-state index contributed by atoms with van der Waals surface area (Å²) in [6.07, 6.45) is 4.73. The first-order chi connectivity index (χ1) is 13.1. The van der Waals surface area contributed by atoms with Crippen LogP contribution in [0.1, 0.15) is 32.1 Å². The van der Waals surface area contributed by atoms with Gasteiger partial charge in [-0.15, -0.1) is 12.4 Å². The van der Waals surface area contributed by atoms with Crippen LogP contribution in [0.4, 0.5) is 5.69 Å². The van der Waals surface area contributed by atoms with Crippen LogP contribution in [0.5, 0.6) is 0 Å². The Labute approximate surface area is 173 Å². The zero-order valence-electron chi connectivity index (χ0n) is 16.3. The van der Waals surface area contributed by atoms with Crippen LogP contribution >= 0.6 is 12.4 Å². The van der Waals surface area contributed by atoms with Gasteiger partial charge < -0.3 is 15.5 Å². The van der Waals surface area contributed by atoms with Crippen LogP contribution < -0.4 is 10.6 Å². The highest BCUT2D eigenvalue weighted by molar-refractivity contribution is 5.99. The van der Waals surface area contributed by atoms with E-state index >= 15 is 0 Å². The molecular formula is C21H31ClN4O2. The van der Waals surface area contributed by atoms with E-state index < -0.39 is 0 Å². The minimum Gasteiger partial charge on any atom is -0.340 e. The highest BCUT2D eigenvalue weighted by Crippen LogP contribution is 2.28. The summed E-state index contributed by atoms with van der Waals surface area (Å²) in [6, 6.07) is 10.0. The summed E-state index contributed by atoms with van der Waals surface area (Å²) >= 11 is 0. The third-order valence-electron chi connectivity index (χ3n) is 6.51. The van der Waals surface area contributed by atoms with Crippen molar-refractivity contribution < 1.29 is 9.59 Å². The van der Waals surface area contributed by atoms with E-state index in [0.29, 0.717) is 12.3 Å². The smallest absolute Gasteiger partial charge is 0.244 e. The van der Waals surface area contributed by atoms with Crippen molar-refractivity contribution in [1.82, 2.24) is 9.80 Å². The molecule has 4 rings (SSSR count). The maximum Gasteiger partial charge on any atom is 0.244 e. The summed E-state index contributed by atoms with van der Waals surface area (Å²) in [5, 5.41) is 0. The fourth-order valence-electron chi connectivity index (χ4n) is 4.82. The Kier molecular flexibility index (Phi) is 6.96. The van der Waals surface area contributed by atoms with Gasteiger partial charge in [-0.05, 0) is 37.3 Å². The second-order valence-electron chi connectivity index (χ2n) is 8.11. The number of amides is 2. The molecule has 154 valence electrons. The summed E-state index contributed by atoms with van der Waals surface area (Å²) in [7, 11) is 0. The summed E-state index contributed by atoms with van der Waals surface area (Å²) in [5.41, 5.74) is 7.10. The van der Waals surface area contributed by atoms with Crippen LogP contribution in [-0.2, 0) is 9.59 Å². The molecule has 2 aliphatic heterocycles. The largest absolute Gasteiger partial charge is 0.340 e. The molecule has 0 bridgehead atoms. The second-order valence-corrected chi connectivity index (χ2v) is 8.11. The molecule has 1 aliphatic carbocycles. The van der Waals surface area contributed by atoms with Crippen molar-refractivity contribution in [3.05, 3.63) is 30.3 Å². The Hall–Kier alpha value is -1.63. The molecule has 2 saturated heterocycles. The quantitative estimate of drug-likeness (QED) is 0.828. The maximum absolute atomic E-state index is 12.9. The number of benzene rings is 1. The molecule has 7 heteroatoms. The first-order valence-corrected chi connectivity index (χ1v) is 10.3. The van der Waals surface area contributed by atoms with Gasteiger partial charge in [0.15, 0.2) is 0 Å². The molecule has 2 N–H and O–H groups in total. The van der Waals surface area contributed by atoms with Crippen LogP contribution in [0.3, 0.4) is 0 Å². The van der Waals surface area contributed by atoms with E-state index in [1.54, 1.807) is 0 Å². The number of nitrogens with zero attached hydrogens (tertiary/aromatic N) is 3. The summed E-state index contributed by atoms with van der Waals surface area (Å²) in [4.78, 5) is 31.6. The van der Waals surface area contributed by atoms with Crippen molar-refractivity contribution >= 4 is 29.9 Å². The lowest BCUT2D eigenvalue weighted by molar-refractivity contribution is -0.134. The van der Waals surface area contributed by atoms with Gasteiger partial charge in [0.25, 0.3) is 0 Å². The first-order valence-electron chi connectivity index (χ1n) is 10.3. The summed E-state index contributed by atoms with van der Waals surface area (Å²) in [5.74, 6) is 0.782. The number of halogens is 1. The Morgan fingerprint density at radius 1 is 1.00 bits per heavy atom. The molecule has 2 heterocycles. The van der Waals surface area contributed by atoms with Gasteiger partial charge >= 0.3 is 0 Å². The molecular weight excluding hydrogens is 376 g/mol. The molecule has 1 aromatic carbocycles. The SMILES string of the molecule is Cl.N[C@@H]1CCC[C@H]1CC(=O)N1CCN(C2CCN(c3ccccc3)C2=O)CC1. The molecule has 1 aromatic rings. The van der Waals surface area contributed by atoms with Crippen LogP contribution in [0.25, 0.3) is 0 Å². The lowest BCUT2D eigenvalue weighted by Crippen LogP contribution is -2.54. The standard InChI is InChI=1S/C21H30N4O2.ClH/c22-18-8-4-5-16(18)15-20(26)24-13-11-23(12-14-24)19-9-10-25(21(19)27)17-6-2-1-3-7-17;/h1-3,6-7,16,18-19H,4-5,8-15,22H2;1H/t16-,18+,19?;/m0./s1. The molecule has 0 aromatic heterocycles. The average Bonchev–Trinajstić information content (AvgIpc) is 3.28. The Bertz CT molecular complexity index is 678. The number of hydrogen-bond acceptors (Lipinski definition) is 4. The lowest BCUT2D eigenvalue weighted by Gasteiger charge is -2.37. The van der Waals surface area contributed by atoms with Gasteiger partial charge in [0.1, 0.15) is 0 Å². The third-order valence-corrected chi connectivity index (χ3v) is 6.51. The van der Waals surface area contributed by atoms with E-state index in [1.807, 2.05) is 40.1 Å². The van der Waals surface area contributed by atoms with Crippen molar-refractivity contribution in [3.8, 4) is 0 Å². The van der Waals surface area contributed by atoms with Crippen LogP contribution in [0, 0.1) is 5.92 Å². The number of carbonyl (C=O) groups is 2. The van der Waals surface area contributed by atoms with Crippen LogP contribution in [0.15, 0.2) is 30.3 Å². The van der Waals surface area contributed by atoms with Gasteiger partial charge in [0.2, 0.25) is 11.8 Å². The van der Waals surface area contributed by atoms with Crippen molar-refractivity contribution in [2.75, 3.05) is 37.6 Å². The zero-order chi connectivity index (χ0) is 18.8. The van der Waals surface area contributed by atoms with E-state index in [4.69, 9.17) is 5.73 Å². The fourth-order valence-corrected chi connectivity index (χ4v) is 4.82. The molecule has 1 saturated carbocycles. The molecule has 0 radical (unpaired) electrons. The number of rotatable bonds is 4. The van der Waals surface area contributed by atoms with Crippen molar-refractivity contribution in [2.24, 2.45) is 11.7 Å². The number of anilines is 1. The first kappa shape index (κ1) is 21.1. The Morgan fingerprint density at radius 3 is 2.36 bits per heavy atom. The fraction of sp³-hybridized carbons (Fsp3) is 0.619. The molecule has 3 aliphatic rings. The average molecular weight is 407 g/mol. The third kappa shape index (κ3) is 4.34. The van der Waals surface area contributed by atoms with E-state index in [9.17, 15) is 9.59 Å². The second kappa shape index (κ2) is 9.25. The number of carbonyl (C=O) groups excluding carboxylic acids is 2. The van der Waals surface area contributed by atoms with Gasteiger partial charge in [0.05, 0.1) is 6.04 Å². The minimum atomic E-state index is -0.0503.